The van der Waals surface area contributed by atoms with Crippen molar-refractivity contribution in [3.8, 4) is 11.5 Å². The lowest BCUT2D eigenvalue weighted by Gasteiger charge is -2.29. The Labute approximate surface area is 182 Å². The fourth-order valence-corrected chi connectivity index (χ4v) is 5.01. The molecule has 7 heteroatoms. The SMILES string of the molecule is COc1ccc([C@@H]2CC(c3cccs3)=NN2C(=O)C[NH+]2CCC(C)CC2)cc1OC. The summed E-state index contributed by atoms with van der Waals surface area (Å²) in [6, 6.07) is 9.84. The molecule has 1 fully saturated rings. The third-order valence-corrected chi connectivity index (χ3v) is 7.07. The molecule has 1 N–H and O–H groups in total. The zero-order valence-electron chi connectivity index (χ0n) is 17.9. The number of rotatable bonds is 6. The van der Waals surface area contributed by atoms with Gasteiger partial charge in [-0.25, -0.2) is 5.01 Å². The van der Waals surface area contributed by atoms with E-state index in [1.54, 1.807) is 30.6 Å². The van der Waals surface area contributed by atoms with E-state index < -0.39 is 0 Å². The molecule has 1 aromatic carbocycles. The van der Waals surface area contributed by atoms with Gasteiger partial charge in [-0.1, -0.05) is 19.1 Å². The summed E-state index contributed by atoms with van der Waals surface area (Å²) < 4.78 is 10.9. The van der Waals surface area contributed by atoms with Crippen LogP contribution < -0.4 is 14.4 Å². The van der Waals surface area contributed by atoms with E-state index in [4.69, 9.17) is 14.6 Å². The first-order valence-corrected chi connectivity index (χ1v) is 11.5. The maximum absolute atomic E-state index is 13.3. The Morgan fingerprint density at radius 3 is 2.63 bits per heavy atom. The van der Waals surface area contributed by atoms with Crippen molar-refractivity contribution in [1.82, 2.24) is 5.01 Å². The van der Waals surface area contributed by atoms with Gasteiger partial charge in [0, 0.05) is 6.42 Å². The Kier molecular flexibility index (Phi) is 6.39. The van der Waals surface area contributed by atoms with Crippen LogP contribution in [0.3, 0.4) is 0 Å². The Hall–Kier alpha value is -2.38. The number of methoxy groups -OCH3 is 2. The molecule has 30 heavy (non-hydrogen) atoms. The Morgan fingerprint density at radius 2 is 1.97 bits per heavy atom. The summed E-state index contributed by atoms with van der Waals surface area (Å²) in [5.74, 6) is 2.20. The van der Waals surface area contributed by atoms with Crippen molar-refractivity contribution in [2.75, 3.05) is 33.9 Å². The number of quaternary nitrogens is 1. The molecule has 2 aliphatic heterocycles. The molecule has 0 bridgehead atoms. The average Bonchev–Trinajstić information content (AvgIpc) is 3.45. The Morgan fingerprint density at radius 1 is 1.20 bits per heavy atom. The molecule has 160 valence electrons. The van der Waals surface area contributed by atoms with Crippen LogP contribution in [0.15, 0.2) is 40.8 Å². The highest BCUT2D eigenvalue weighted by Crippen LogP contribution is 2.37. The van der Waals surface area contributed by atoms with Crippen LogP contribution in [0.2, 0.25) is 0 Å². The first-order valence-electron chi connectivity index (χ1n) is 10.6. The number of amides is 1. The summed E-state index contributed by atoms with van der Waals surface area (Å²) in [4.78, 5) is 15.8. The molecule has 0 saturated carbocycles. The van der Waals surface area contributed by atoms with Gasteiger partial charge in [-0.15, -0.1) is 11.3 Å². The number of hydrogen-bond acceptors (Lipinski definition) is 5. The molecule has 3 heterocycles. The molecule has 0 aliphatic carbocycles. The van der Waals surface area contributed by atoms with E-state index in [2.05, 4.69) is 13.0 Å². The first-order chi connectivity index (χ1) is 14.6. The molecule has 4 rings (SSSR count). The van der Waals surface area contributed by atoms with Crippen LogP contribution in [0.4, 0.5) is 0 Å². The summed E-state index contributed by atoms with van der Waals surface area (Å²) in [7, 11) is 3.26. The second-order valence-corrected chi connectivity index (χ2v) is 9.15. The van der Waals surface area contributed by atoms with Gasteiger partial charge in [0.25, 0.3) is 5.91 Å². The van der Waals surface area contributed by atoms with Gasteiger partial charge < -0.3 is 14.4 Å². The highest BCUT2D eigenvalue weighted by Gasteiger charge is 2.36. The van der Waals surface area contributed by atoms with Gasteiger partial charge >= 0.3 is 0 Å². The zero-order chi connectivity index (χ0) is 21.1. The van der Waals surface area contributed by atoms with Crippen molar-refractivity contribution in [1.29, 1.82) is 0 Å². The normalized spacial score (nSPS) is 23.9. The molecule has 1 aromatic heterocycles. The molecule has 0 unspecified atom stereocenters. The highest BCUT2D eigenvalue weighted by molar-refractivity contribution is 7.12. The molecule has 1 amide bonds. The second kappa shape index (κ2) is 9.18. The predicted octanol–water partition coefficient (Wildman–Crippen LogP) is 2.76. The first kappa shape index (κ1) is 20.9. The van der Waals surface area contributed by atoms with E-state index in [0.29, 0.717) is 24.5 Å². The number of hydrogen-bond donors (Lipinski definition) is 1. The van der Waals surface area contributed by atoms with E-state index in [-0.39, 0.29) is 11.9 Å². The average molecular weight is 429 g/mol. The van der Waals surface area contributed by atoms with Crippen LogP contribution in [0.25, 0.3) is 0 Å². The quantitative estimate of drug-likeness (QED) is 0.770. The summed E-state index contributed by atoms with van der Waals surface area (Å²) >= 11 is 1.66. The van der Waals surface area contributed by atoms with Gasteiger partial charge in [-0.05, 0) is 47.9 Å². The van der Waals surface area contributed by atoms with Crippen molar-refractivity contribution in [2.24, 2.45) is 11.0 Å². The predicted molar refractivity (Wildman–Crippen MR) is 119 cm³/mol. The van der Waals surface area contributed by atoms with E-state index >= 15 is 0 Å². The maximum atomic E-state index is 13.3. The Balaban J connectivity index is 1.59. The summed E-state index contributed by atoms with van der Waals surface area (Å²) in [6.07, 6.45) is 3.07. The second-order valence-electron chi connectivity index (χ2n) is 8.21. The standard InChI is InChI=1S/C23H29N3O3S/c1-16-8-10-25(11-9-16)15-23(27)26-19(14-18(24-26)22-5-4-12-30-22)17-6-7-20(28-2)21(13-17)29-3/h4-7,12-13,16,19H,8-11,14-15H2,1-3H3/p+1/t19-/m0/s1. The molecule has 2 aromatic rings. The number of likely N-dealkylation sites (tertiary alicyclic amines) is 1. The third-order valence-electron chi connectivity index (χ3n) is 6.15. The van der Waals surface area contributed by atoms with Crippen molar-refractivity contribution in [2.45, 2.75) is 32.2 Å². The fraction of sp³-hybridized carbons (Fsp3) is 0.478. The minimum Gasteiger partial charge on any atom is -0.493 e. The number of carbonyl (C=O) groups excluding carboxylic acids is 1. The number of piperidine rings is 1. The van der Waals surface area contributed by atoms with Crippen molar-refractivity contribution in [3.63, 3.8) is 0 Å². The minimum absolute atomic E-state index is 0.0888. The smallest absolute Gasteiger partial charge is 0.298 e. The summed E-state index contributed by atoms with van der Waals surface area (Å²) in [6.45, 7) is 4.91. The molecule has 6 nitrogen and oxygen atoms in total. The number of ether oxygens (including phenoxy) is 2. The molecule has 0 spiro atoms. The van der Waals surface area contributed by atoms with Gasteiger partial charge in [0.2, 0.25) is 0 Å². The van der Waals surface area contributed by atoms with Gasteiger partial charge in [-0.3, -0.25) is 4.79 Å². The van der Waals surface area contributed by atoms with Crippen LogP contribution in [0, 0.1) is 5.92 Å². The van der Waals surface area contributed by atoms with Crippen molar-refractivity contribution in [3.05, 3.63) is 46.2 Å². The lowest BCUT2D eigenvalue weighted by Crippen LogP contribution is -3.14. The summed E-state index contributed by atoms with van der Waals surface area (Å²) in [5.41, 5.74) is 1.99. The van der Waals surface area contributed by atoms with Gasteiger partial charge in [0.15, 0.2) is 18.0 Å². The lowest BCUT2D eigenvalue weighted by atomic mass is 9.99. The van der Waals surface area contributed by atoms with Gasteiger partial charge in [-0.2, -0.15) is 5.10 Å². The molecule has 2 aliphatic rings. The number of nitrogens with zero attached hydrogens (tertiary/aromatic N) is 2. The third kappa shape index (κ3) is 4.37. The summed E-state index contributed by atoms with van der Waals surface area (Å²) in [5, 5.41) is 8.55. The van der Waals surface area contributed by atoms with Crippen LogP contribution in [0.1, 0.15) is 42.7 Å². The van der Waals surface area contributed by atoms with Crippen molar-refractivity contribution >= 4 is 23.0 Å². The number of benzene rings is 1. The number of thiophene rings is 1. The van der Waals surface area contributed by atoms with Crippen molar-refractivity contribution < 1.29 is 19.2 Å². The van der Waals surface area contributed by atoms with Gasteiger partial charge in [0.05, 0.1) is 43.9 Å². The van der Waals surface area contributed by atoms with E-state index in [1.807, 2.05) is 29.6 Å². The molecule has 1 atom stereocenters. The number of nitrogens with one attached hydrogen (secondary N) is 1. The molecule has 1 saturated heterocycles. The van der Waals surface area contributed by atoms with E-state index in [0.717, 1.165) is 35.2 Å². The van der Waals surface area contributed by atoms with E-state index in [1.165, 1.54) is 17.7 Å². The van der Waals surface area contributed by atoms with E-state index in [9.17, 15) is 4.79 Å². The topological polar surface area (TPSA) is 55.6 Å². The van der Waals surface area contributed by atoms with Crippen LogP contribution in [-0.2, 0) is 4.79 Å². The van der Waals surface area contributed by atoms with Crippen LogP contribution in [-0.4, -0.2) is 50.5 Å². The number of carbonyl (C=O) groups is 1. The fourth-order valence-electron chi connectivity index (χ4n) is 4.29. The zero-order valence-corrected chi connectivity index (χ0v) is 18.7. The van der Waals surface area contributed by atoms with Crippen LogP contribution >= 0.6 is 11.3 Å². The monoisotopic (exact) mass is 428 g/mol. The number of hydrazone groups is 1. The van der Waals surface area contributed by atoms with Crippen LogP contribution in [0.5, 0.6) is 11.5 Å². The highest BCUT2D eigenvalue weighted by atomic mass is 32.1. The Bertz CT molecular complexity index is 904. The molecular formula is C23H30N3O3S+. The molecular weight excluding hydrogens is 398 g/mol. The minimum atomic E-state index is -0.127. The lowest BCUT2D eigenvalue weighted by molar-refractivity contribution is -0.898. The van der Waals surface area contributed by atoms with Gasteiger partial charge in [0.1, 0.15) is 0 Å². The molecule has 0 radical (unpaired) electrons. The largest absolute Gasteiger partial charge is 0.493 e. The maximum Gasteiger partial charge on any atom is 0.298 e.